The highest BCUT2D eigenvalue weighted by Gasteiger charge is 1.93. The first kappa shape index (κ1) is 9.38. The Kier molecular flexibility index (Phi) is 3.14. The standard InChI is InChI=1S/C9H8FNO2/c1-13-9(12)5-3-7-2-4-8(10)11-6-7/h2-6H,1H3/b5-3+. The highest BCUT2D eigenvalue weighted by Crippen LogP contribution is 2.01. The number of pyridine rings is 1. The van der Waals surface area contributed by atoms with Crippen molar-refractivity contribution >= 4 is 12.0 Å². The van der Waals surface area contributed by atoms with Crippen LogP contribution in [-0.2, 0) is 9.53 Å². The maximum Gasteiger partial charge on any atom is 0.330 e. The number of nitrogens with zero attached hydrogens (tertiary/aromatic N) is 1. The van der Waals surface area contributed by atoms with E-state index < -0.39 is 11.9 Å². The first-order chi connectivity index (χ1) is 6.22. The minimum absolute atomic E-state index is 0.454. The van der Waals surface area contributed by atoms with Crippen molar-refractivity contribution in [2.75, 3.05) is 7.11 Å². The molecule has 0 bridgehead atoms. The average Bonchev–Trinajstić information content (AvgIpc) is 2.16. The maximum absolute atomic E-state index is 12.3. The quantitative estimate of drug-likeness (QED) is 0.393. The van der Waals surface area contributed by atoms with E-state index in [-0.39, 0.29) is 0 Å². The van der Waals surface area contributed by atoms with E-state index in [2.05, 4.69) is 9.72 Å². The Morgan fingerprint density at radius 1 is 1.62 bits per heavy atom. The third-order valence-corrected chi connectivity index (χ3v) is 1.36. The van der Waals surface area contributed by atoms with Gasteiger partial charge in [-0.15, -0.1) is 0 Å². The Hall–Kier alpha value is -1.71. The van der Waals surface area contributed by atoms with Crippen molar-refractivity contribution in [1.29, 1.82) is 0 Å². The average molecular weight is 181 g/mol. The first-order valence-corrected chi connectivity index (χ1v) is 3.60. The summed E-state index contributed by atoms with van der Waals surface area (Å²) in [6.07, 6.45) is 4.07. The Balaban J connectivity index is 2.69. The molecule has 0 spiro atoms. The van der Waals surface area contributed by atoms with Crippen molar-refractivity contribution < 1.29 is 13.9 Å². The van der Waals surface area contributed by atoms with Gasteiger partial charge in [0, 0.05) is 12.3 Å². The summed E-state index contributed by atoms with van der Waals surface area (Å²) in [4.78, 5) is 14.1. The number of esters is 1. The second-order valence-corrected chi connectivity index (χ2v) is 2.27. The molecule has 0 saturated carbocycles. The van der Waals surface area contributed by atoms with Gasteiger partial charge in [0.15, 0.2) is 0 Å². The minimum atomic E-state index is -0.546. The highest BCUT2D eigenvalue weighted by atomic mass is 19.1. The lowest BCUT2D eigenvalue weighted by Crippen LogP contribution is -1.93. The highest BCUT2D eigenvalue weighted by molar-refractivity contribution is 5.86. The van der Waals surface area contributed by atoms with Gasteiger partial charge in [-0.25, -0.2) is 9.78 Å². The van der Waals surface area contributed by atoms with Crippen LogP contribution in [0.5, 0.6) is 0 Å². The van der Waals surface area contributed by atoms with Crippen molar-refractivity contribution in [2.45, 2.75) is 0 Å². The maximum atomic E-state index is 12.3. The molecule has 0 saturated heterocycles. The molecular formula is C9H8FNO2. The zero-order valence-electron chi connectivity index (χ0n) is 7.03. The van der Waals surface area contributed by atoms with Crippen LogP contribution < -0.4 is 0 Å². The van der Waals surface area contributed by atoms with Crippen LogP contribution in [0.1, 0.15) is 5.56 Å². The molecule has 0 aliphatic rings. The van der Waals surface area contributed by atoms with E-state index in [0.29, 0.717) is 5.56 Å². The van der Waals surface area contributed by atoms with Crippen molar-refractivity contribution in [2.24, 2.45) is 0 Å². The Bertz CT molecular complexity index is 319. The Labute approximate surface area is 74.9 Å². The first-order valence-electron chi connectivity index (χ1n) is 3.60. The van der Waals surface area contributed by atoms with Gasteiger partial charge in [-0.2, -0.15) is 4.39 Å². The minimum Gasteiger partial charge on any atom is -0.466 e. The third kappa shape index (κ3) is 3.02. The predicted molar refractivity (Wildman–Crippen MR) is 45.2 cm³/mol. The lowest BCUT2D eigenvalue weighted by atomic mass is 10.2. The monoisotopic (exact) mass is 181 g/mol. The number of rotatable bonds is 2. The number of carbonyl (C=O) groups is 1. The van der Waals surface area contributed by atoms with Crippen LogP contribution in [0.3, 0.4) is 0 Å². The SMILES string of the molecule is COC(=O)/C=C/c1ccc(F)nc1. The fourth-order valence-electron chi connectivity index (χ4n) is 0.718. The molecule has 0 atom stereocenters. The molecule has 0 unspecified atom stereocenters. The van der Waals surface area contributed by atoms with Gasteiger partial charge < -0.3 is 4.74 Å². The van der Waals surface area contributed by atoms with Gasteiger partial charge in [0.2, 0.25) is 5.95 Å². The van der Waals surface area contributed by atoms with E-state index in [1.807, 2.05) is 0 Å². The summed E-state index contributed by atoms with van der Waals surface area (Å²) in [7, 11) is 1.29. The molecule has 68 valence electrons. The van der Waals surface area contributed by atoms with E-state index in [0.717, 1.165) is 0 Å². The summed E-state index contributed by atoms with van der Waals surface area (Å²) in [5.41, 5.74) is 0.645. The lowest BCUT2D eigenvalue weighted by Gasteiger charge is -1.91. The number of carbonyl (C=O) groups excluding carboxylic acids is 1. The fourth-order valence-corrected chi connectivity index (χ4v) is 0.718. The molecular weight excluding hydrogens is 173 g/mol. The number of halogens is 1. The van der Waals surface area contributed by atoms with E-state index in [9.17, 15) is 9.18 Å². The molecule has 1 aromatic rings. The number of hydrogen-bond donors (Lipinski definition) is 0. The van der Waals surface area contributed by atoms with E-state index in [1.165, 1.54) is 37.6 Å². The smallest absolute Gasteiger partial charge is 0.330 e. The molecule has 1 heterocycles. The molecule has 0 fully saturated rings. The summed E-state index contributed by atoms with van der Waals surface area (Å²) < 4.78 is 16.7. The molecule has 3 nitrogen and oxygen atoms in total. The number of ether oxygens (including phenoxy) is 1. The van der Waals surface area contributed by atoms with E-state index in [4.69, 9.17) is 0 Å². The van der Waals surface area contributed by atoms with E-state index >= 15 is 0 Å². The summed E-state index contributed by atoms with van der Waals surface area (Å²) in [6.45, 7) is 0. The number of aromatic nitrogens is 1. The van der Waals surface area contributed by atoms with Gasteiger partial charge in [-0.1, -0.05) is 0 Å². The third-order valence-electron chi connectivity index (χ3n) is 1.36. The van der Waals surface area contributed by atoms with Gasteiger partial charge >= 0.3 is 5.97 Å². The molecule has 0 N–H and O–H groups in total. The zero-order valence-corrected chi connectivity index (χ0v) is 7.03. The van der Waals surface area contributed by atoms with Crippen molar-refractivity contribution in [3.8, 4) is 0 Å². The largest absolute Gasteiger partial charge is 0.466 e. The van der Waals surface area contributed by atoms with Gasteiger partial charge in [-0.05, 0) is 23.8 Å². The molecule has 0 aliphatic carbocycles. The topological polar surface area (TPSA) is 39.2 Å². The predicted octanol–water partition coefficient (Wildman–Crippen LogP) is 1.41. The van der Waals surface area contributed by atoms with E-state index in [1.54, 1.807) is 0 Å². The summed E-state index contributed by atoms with van der Waals surface area (Å²) >= 11 is 0. The van der Waals surface area contributed by atoms with Crippen LogP contribution in [0.15, 0.2) is 24.4 Å². The zero-order chi connectivity index (χ0) is 9.68. The van der Waals surface area contributed by atoms with Gasteiger partial charge in [0.05, 0.1) is 7.11 Å². The van der Waals surface area contributed by atoms with Crippen molar-refractivity contribution in [3.63, 3.8) is 0 Å². The number of hydrogen-bond acceptors (Lipinski definition) is 3. The molecule has 0 aliphatic heterocycles. The van der Waals surface area contributed by atoms with Gasteiger partial charge in [0.25, 0.3) is 0 Å². The van der Waals surface area contributed by atoms with Crippen LogP contribution in [0.25, 0.3) is 6.08 Å². The van der Waals surface area contributed by atoms with Crippen LogP contribution in [0.4, 0.5) is 4.39 Å². The van der Waals surface area contributed by atoms with Crippen LogP contribution >= 0.6 is 0 Å². The lowest BCUT2D eigenvalue weighted by molar-refractivity contribution is -0.134. The van der Waals surface area contributed by atoms with Crippen LogP contribution in [0, 0.1) is 5.95 Å². The summed E-state index contributed by atoms with van der Waals surface area (Å²) in [6, 6.07) is 2.73. The van der Waals surface area contributed by atoms with Crippen LogP contribution in [0.2, 0.25) is 0 Å². The molecule has 1 rings (SSSR count). The molecule has 13 heavy (non-hydrogen) atoms. The summed E-state index contributed by atoms with van der Waals surface area (Å²) in [5, 5.41) is 0. The van der Waals surface area contributed by atoms with Crippen LogP contribution in [-0.4, -0.2) is 18.1 Å². The Morgan fingerprint density at radius 2 is 2.38 bits per heavy atom. The molecule has 0 aromatic carbocycles. The normalized spacial score (nSPS) is 10.3. The fraction of sp³-hybridized carbons (Fsp3) is 0.111. The molecule has 0 amide bonds. The Morgan fingerprint density at radius 3 is 2.92 bits per heavy atom. The van der Waals surface area contributed by atoms with Crippen molar-refractivity contribution in [1.82, 2.24) is 4.98 Å². The molecule has 4 heteroatoms. The second-order valence-electron chi connectivity index (χ2n) is 2.27. The second kappa shape index (κ2) is 4.35. The van der Waals surface area contributed by atoms with Gasteiger partial charge in [-0.3, -0.25) is 0 Å². The number of methoxy groups -OCH3 is 1. The molecule has 1 aromatic heterocycles. The van der Waals surface area contributed by atoms with Gasteiger partial charge in [0.1, 0.15) is 0 Å². The summed E-state index contributed by atoms with van der Waals surface area (Å²) in [5.74, 6) is -1.00. The molecule has 0 radical (unpaired) electrons. The van der Waals surface area contributed by atoms with Crippen molar-refractivity contribution in [3.05, 3.63) is 35.9 Å².